The Morgan fingerprint density at radius 3 is 2.85 bits per heavy atom. The number of hydrogen-bond donors (Lipinski definition) is 1. The second-order valence-electron chi connectivity index (χ2n) is 4.32. The van der Waals surface area contributed by atoms with Crippen molar-refractivity contribution < 1.29 is 0 Å². The van der Waals surface area contributed by atoms with Gasteiger partial charge in [0.05, 0.1) is 0 Å². The first-order valence-electron chi connectivity index (χ1n) is 5.37. The summed E-state index contributed by atoms with van der Waals surface area (Å²) in [4.78, 5) is 2.62. The molecule has 0 spiro atoms. The molecule has 76 valence electrons. The Bertz CT molecular complexity index is 170. The van der Waals surface area contributed by atoms with E-state index in [0.717, 1.165) is 17.7 Å². The molecule has 2 fully saturated rings. The molecule has 0 aromatic rings. The van der Waals surface area contributed by atoms with Crippen LogP contribution < -0.4 is 5.73 Å². The number of nitrogens with zero attached hydrogens (tertiary/aromatic N) is 1. The summed E-state index contributed by atoms with van der Waals surface area (Å²) in [6, 6.07) is 0.698. The van der Waals surface area contributed by atoms with Gasteiger partial charge in [-0.1, -0.05) is 6.92 Å². The lowest BCUT2D eigenvalue weighted by Gasteiger charge is -2.36. The molecule has 1 saturated carbocycles. The first kappa shape index (κ1) is 9.81. The summed E-state index contributed by atoms with van der Waals surface area (Å²) in [5.74, 6) is 2.23. The van der Waals surface area contributed by atoms with Gasteiger partial charge in [-0.2, -0.15) is 11.8 Å². The molecule has 2 unspecified atom stereocenters. The van der Waals surface area contributed by atoms with E-state index in [0.29, 0.717) is 6.04 Å². The highest BCUT2D eigenvalue weighted by Gasteiger charge is 2.35. The number of hydrogen-bond acceptors (Lipinski definition) is 3. The zero-order valence-corrected chi connectivity index (χ0v) is 9.22. The lowest BCUT2D eigenvalue weighted by Crippen LogP contribution is -2.48. The third-order valence-corrected chi connectivity index (χ3v) is 4.29. The maximum Gasteiger partial charge on any atom is 0.0247 e. The Balaban J connectivity index is 1.88. The Morgan fingerprint density at radius 2 is 2.31 bits per heavy atom. The van der Waals surface area contributed by atoms with Crippen molar-refractivity contribution in [2.45, 2.75) is 31.1 Å². The van der Waals surface area contributed by atoms with E-state index in [4.69, 9.17) is 5.73 Å². The molecule has 2 nitrogen and oxygen atoms in total. The number of nitrogens with two attached hydrogens (primary N) is 1. The molecule has 1 saturated heterocycles. The molecule has 2 atom stereocenters. The van der Waals surface area contributed by atoms with Crippen molar-refractivity contribution in [2.75, 3.05) is 25.4 Å². The van der Waals surface area contributed by atoms with Crippen LogP contribution in [-0.4, -0.2) is 41.6 Å². The van der Waals surface area contributed by atoms with E-state index in [-0.39, 0.29) is 0 Å². The van der Waals surface area contributed by atoms with Crippen molar-refractivity contribution in [3.05, 3.63) is 0 Å². The summed E-state index contributed by atoms with van der Waals surface area (Å²) in [7, 11) is 0. The predicted octanol–water partition coefficient (Wildman–Crippen LogP) is 1.16. The Hall–Kier alpha value is 0.270. The zero-order chi connectivity index (χ0) is 9.26. The fourth-order valence-corrected chi connectivity index (χ4v) is 3.31. The molecule has 0 aromatic heterocycles. The van der Waals surface area contributed by atoms with Gasteiger partial charge in [0, 0.05) is 36.7 Å². The van der Waals surface area contributed by atoms with Crippen LogP contribution in [0.1, 0.15) is 19.8 Å². The monoisotopic (exact) mass is 200 g/mol. The Kier molecular flexibility index (Phi) is 3.17. The maximum atomic E-state index is 5.84. The van der Waals surface area contributed by atoms with Crippen molar-refractivity contribution in [1.82, 2.24) is 4.90 Å². The normalized spacial score (nSPS) is 33.2. The van der Waals surface area contributed by atoms with Gasteiger partial charge in [-0.05, 0) is 18.8 Å². The minimum Gasteiger partial charge on any atom is -0.329 e. The minimum absolute atomic E-state index is 0.698. The van der Waals surface area contributed by atoms with E-state index >= 15 is 0 Å². The first-order valence-corrected chi connectivity index (χ1v) is 6.42. The summed E-state index contributed by atoms with van der Waals surface area (Å²) < 4.78 is 0. The molecule has 3 heteroatoms. The van der Waals surface area contributed by atoms with Crippen molar-refractivity contribution in [3.8, 4) is 0 Å². The van der Waals surface area contributed by atoms with Gasteiger partial charge in [-0.15, -0.1) is 0 Å². The highest BCUT2D eigenvalue weighted by Crippen LogP contribution is 2.36. The van der Waals surface area contributed by atoms with Gasteiger partial charge in [0.2, 0.25) is 0 Å². The van der Waals surface area contributed by atoms with Crippen LogP contribution in [0.15, 0.2) is 0 Å². The highest BCUT2D eigenvalue weighted by atomic mass is 32.2. The van der Waals surface area contributed by atoms with Crippen LogP contribution in [0.3, 0.4) is 0 Å². The van der Waals surface area contributed by atoms with Crippen molar-refractivity contribution >= 4 is 11.8 Å². The summed E-state index contributed by atoms with van der Waals surface area (Å²) in [6.07, 6.45) is 2.83. The van der Waals surface area contributed by atoms with E-state index in [1.54, 1.807) is 0 Å². The summed E-state index contributed by atoms with van der Waals surface area (Å²) in [6.45, 7) is 5.70. The third kappa shape index (κ3) is 2.39. The fourth-order valence-electron chi connectivity index (χ4n) is 2.27. The quantitative estimate of drug-likeness (QED) is 0.741. The van der Waals surface area contributed by atoms with E-state index < -0.39 is 0 Å². The smallest absolute Gasteiger partial charge is 0.0247 e. The van der Waals surface area contributed by atoms with E-state index in [1.165, 1.54) is 31.7 Å². The molecule has 1 heterocycles. The van der Waals surface area contributed by atoms with Crippen LogP contribution in [-0.2, 0) is 0 Å². The summed E-state index contributed by atoms with van der Waals surface area (Å²) in [5.41, 5.74) is 5.84. The van der Waals surface area contributed by atoms with Gasteiger partial charge < -0.3 is 5.73 Å². The van der Waals surface area contributed by atoms with Gasteiger partial charge >= 0.3 is 0 Å². The Morgan fingerprint density at radius 1 is 1.54 bits per heavy atom. The maximum absolute atomic E-state index is 5.84. The molecular weight excluding hydrogens is 180 g/mol. The zero-order valence-electron chi connectivity index (χ0n) is 8.41. The van der Waals surface area contributed by atoms with Crippen LogP contribution >= 0.6 is 11.8 Å². The average Bonchev–Trinajstić information content (AvgIpc) is 2.90. The molecule has 13 heavy (non-hydrogen) atoms. The van der Waals surface area contributed by atoms with Crippen molar-refractivity contribution in [1.29, 1.82) is 0 Å². The second kappa shape index (κ2) is 4.20. The summed E-state index contributed by atoms with van der Waals surface area (Å²) in [5, 5.41) is 0.807. The molecule has 2 N–H and O–H groups in total. The molecule has 1 aliphatic heterocycles. The lowest BCUT2D eigenvalue weighted by molar-refractivity contribution is 0.189. The standard InChI is InChI=1S/C10H20N2S/c1-8-7-12(4-5-13-8)10(6-11)9-2-3-9/h8-10H,2-7,11H2,1H3. The van der Waals surface area contributed by atoms with Crippen LogP contribution in [0, 0.1) is 5.92 Å². The topological polar surface area (TPSA) is 29.3 Å². The molecule has 0 amide bonds. The summed E-state index contributed by atoms with van der Waals surface area (Å²) >= 11 is 2.10. The van der Waals surface area contributed by atoms with E-state index in [9.17, 15) is 0 Å². The van der Waals surface area contributed by atoms with Crippen LogP contribution in [0.2, 0.25) is 0 Å². The molecule has 0 bridgehead atoms. The lowest BCUT2D eigenvalue weighted by atomic mass is 10.1. The van der Waals surface area contributed by atoms with Crippen molar-refractivity contribution in [2.24, 2.45) is 11.7 Å². The SMILES string of the molecule is CC1CN(C(CN)C2CC2)CCS1. The van der Waals surface area contributed by atoms with Gasteiger partial charge in [0.25, 0.3) is 0 Å². The molecule has 0 aromatic carbocycles. The molecule has 2 rings (SSSR count). The van der Waals surface area contributed by atoms with E-state index in [1.807, 2.05) is 0 Å². The third-order valence-electron chi connectivity index (χ3n) is 3.15. The van der Waals surface area contributed by atoms with Gasteiger partial charge in [0.15, 0.2) is 0 Å². The number of thioether (sulfide) groups is 1. The Labute approximate surface area is 85.2 Å². The second-order valence-corrected chi connectivity index (χ2v) is 5.86. The first-order chi connectivity index (χ1) is 6.31. The average molecular weight is 200 g/mol. The number of rotatable bonds is 3. The van der Waals surface area contributed by atoms with Crippen molar-refractivity contribution in [3.63, 3.8) is 0 Å². The van der Waals surface area contributed by atoms with Crippen LogP contribution in [0.5, 0.6) is 0 Å². The van der Waals surface area contributed by atoms with Crippen LogP contribution in [0.4, 0.5) is 0 Å². The molecule has 0 radical (unpaired) electrons. The largest absolute Gasteiger partial charge is 0.329 e. The van der Waals surface area contributed by atoms with Gasteiger partial charge in [-0.3, -0.25) is 4.90 Å². The molecular formula is C10H20N2S. The van der Waals surface area contributed by atoms with Gasteiger partial charge in [-0.25, -0.2) is 0 Å². The predicted molar refractivity (Wildman–Crippen MR) is 59.1 cm³/mol. The van der Waals surface area contributed by atoms with E-state index in [2.05, 4.69) is 23.6 Å². The molecule has 1 aliphatic carbocycles. The highest BCUT2D eigenvalue weighted by molar-refractivity contribution is 7.99. The van der Waals surface area contributed by atoms with Crippen LogP contribution in [0.25, 0.3) is 0 Å². The fraction of sp³-hybridized carbons (Fsp3) is 1.00. The van der Waals surface area contributed by atoms with Gasteiger partial charge in [0.1, 0.15) is 0 Å². The minimum atomic E-state index is 0.698. The molecule has 2 aliphatic rings.